The number of hydrogen-bond donors (Lipinski definition) is 0. The van der Waals surface area contributed by atoms with Gasteiger partial charge in [0.1, 0.15) is 5.82 Å². The molecule has 5 nitrogen and oxygen atoms in total. The molecule has 0 bridgehead atoms. The van der Waals surface area contributed by atoms with Gasteiger partial charge in [-0.3, -0.25) is 14.2 Å². The lowest BCUT2D eigenvalue weighted by Crippen LogP contribution is -2.40. The van der Waals surface area contributed by atoms with Crippen LogP contribution in [0.15, 0.2) is 29.1 Å². The molecule has 0 saturated heterocycles. The number of carbonyl (C=O) groups excluding carboxylic acids is 1. The van der Waals surface area contributed by atoms with Gasteiger partial charge in [0, 0.05) is 19.0 Å². The van der Waals surface area contributed by atoms with Crippen molar-refractivity contribution in [3.8, 4) is 0 Å². The minimum Gasteiger partial charge on any atom is -0.333 e. The van der Waals surface area contributed by atoms with E-state index in [2.05, 4.69) is 0 Å². The van der Waals surface area contributed by atoms with E-state index in [4.69, 9.17) is 4.98 Å². The molecule has 0 N–H and O–H groups in total. The molecule has 2 aromatic rings. The van der Waals surface area contributed by atoms with Crippen molar-refractivity contribution in [3.63, 3.8) is 0 Å². The Hall–Kier alpha value is -2.17. The fourth-order valence-corrected chi connectivity index (χ4v) is 3.98. The van der Waals surface area contributed by atoms with E-state index in [1.807, 2.05) is 49.9 Å². The van der Waals surface area contributed by atoms with Crippen LogP contribution in [0.3, 0.4) is 0 Å². The number of hydrogen-bond acceptors (Lipinski definition) is 3. The molecule has 1 fully saturated rings. The molecule has 1 heterocycles. The van der Waals surface area contributed by atoms with E-state index in [0.29, 0.717) is 29.8 Å². The Morgan fingerprint density at radius 1 is 1.28 bits per heavy atom. The summed E-state index contributed by atoms with van der Waals surface area (Å²) in [6, 6.07) is 7.21. The number of nitrogens with zero attached hydrogens (tertiary/aromatic N) is 3. The molecule has 1 saturated carbocycles. The summed E-state index contributed by atoms with van der Waals surface area (Å²) in [6.45, 7) is 7.11. The lowest BCUT2D eigenvalue weighted by molar-refractivity contribution is -0.137. The number of amides is 1. The molecule has 1 atom stereocenters. The van der Waals surface area contributed by atoms with E-state index in [0.717, 1.165) is 25.7 Å². The van der Waals surface area contributed by atoms with Crippen molar-refractivity contribution in [2.45, 2.75) is 59.0 Å². The van der Waals surface area contributed by atoms with Crippen molar-refractivity contribution in [3.05, 3.63) is 40.4 Å². The summed E-state index contributed by atoms with van der Waals surface area (Å²) in [6.07, 6.45) is 4.23. The third-order valence-corrected chi connectivity index (χ3v) is 5.38. The monoisotopic (exact) mass is 341 g/mol. The predicted octanol–water partition coefficient (Wildman–Crippen LogP) is 3.52. The van der Waals surface area contributed by atoms with Crippen LogP contribution in [0.2, 0.25) is 0 Å². The topological polar surface area (TPSA) is 55.2 Å². The number of rotatable bonds is 5. The van der Waals surface area contributed by atoms with E-state index < -0.39 is 0 Å². The van der Waals surface area contributed by atoms with Crippen LogP contribution in [0.25, 0.3) is 10.9 Å². The molecular formula is C20H27N3O2. The third kappa shape index (κ3) is 3.20. The van der Waals surface area contributed by atoms with Crippen LogP contribution >= 0.6 is 0 Å². The summed E-state index contributed by atoms with van der Waals surface area (Å²) >= 11 is 0. The summed E-state index contributed by atoms with van der Waals surface area (Å²) in [5.74, 6) is 1.02. The molecule has 25 heavy (non-hydrogen) atoms. The quantitative estimate of drug-likeness (QED) is 0.836. The largest absolute Gasteiger partial charge is 0.333 e. The standard InChI is InChI=1S/C20H27N3O2/c1-4-22(19(24)15-10-6-7-11-15)14(3)18-21-17-13-9-8-12-16(17)20(25)23(18)5-2/h8-9,12-15H,4-7,10-11H2,1-3H3. The zero-order valence-corrected chi connectivity index (χ0v) is 15.4. The molecule has 3 rings (SSSR count). The first-order valence-electron chi connectivity index (χ1n) is 9.38. The maximum atomic E-state index is 13.0. The van der Waals surface area contributed by atoms with Gasteiger partial charge in [-0.1, -0.05) is 25.0 Å². The maximum absolute atomic E-state index is 13.0. The van der Waals surface area contributed by atoms with Crippen molar-refractivity contribution in [1.82, 2.24) is 14.5 Å². The highest BCUT2D eigenvalue weighted by molar-refractivity contribution is 5.80. The van der Waals surface area contributed by atoms with Crippen molar-refractivity contribution < 1.29 is 4.79 Å². The van der Waals surface area contributed by atoms with Crippen LogP contribution in [0.5, 0.6) is 0 Å². The van der Waals surface area contributed by atoms with Crippen LogP contribution in [-0.4, -0.2) is 26.9 Å². The molecule has 0 spiro atoms. The van der Waals surface area contributed by atoms with Crippen molar-refractivity contribution in [2.75, 3.05) is 6.54 Å². The minimum atomic E-state index is -0.213. The van der Waals surface area contributed by atoms with Gasteiger partial charge in [0.2, 0.25) is 5.91 Å². The number of fused-ring (bicyclic) bond motifs is 1. The first-order valence-corrected chi connectivity index (χ1v) is 9.38. The van der Waals surface area contributed by atoms with Crippen molar-refractivity contribution >= 4 is 16.8 Å². The average molecular weight is 341 g/mol. The lowest BCUT2D eigenvalue weighted by atomic mass is 10.1. The van der Waals surface area contributed by atoms with Crippen LogP contribution < -0.4 is 5.56 Å². The Bertz CT molecular complexity index is 821. The fourth-order valence-electron chi connectivity index (χ4n) is 3.98. The molecular weight excluding hydrogens is 314 g/mol. The molecule has 1 unspecified atom stereocenters. The second kappa shape index (κ2) is 7.38. The maximum Gasteiger partial charge on any atom is 0.261 e. The number of aromatic nitrogens is 2. The van der Waals surface area contributed by atoms with Gasteiger partial charge >= 0.3 is 0 Å². The van der Waals surface area contributed by atoms with E-state index in [1.54, 1.807) is 4.57 Å². The number of carbonyl (C=O) groups is 1. The highest BCUT2D eigenvalue weighted by Gasteiger charge is 2.31. The predicted molar refractivity (Wildman–Crippen MR) is 99.4 cm³/mol. The SMILES string of the molecule is CCN(C(=O)C1CCCC1)C(C)c1nc2ccccc2c(=O)n1CC. The molecule has 0 radical (unpaired) electrons. The lowest BCUT2D eigenvalue weighted by Gasteiger charge is -2.31. The van der Waals surface area contributed by atoms with Crippen LogP contribution in [0.1, 0.15) is 58.3 Å². The average Bonchev–Trinajstić information content (AvgIpc) is 3.16. The number of benzene rings is 1. The summed E-state index contributed by atoms with van der Waals surface area (Å²) in [4.78, 5) is 32.4. The molecule has 134 valence electrons. The molecule has 1 aliphatic rings. The minimum absolute atomic E-state index is 0.0284. The van der Waals surface area contributed by atoms with Gasteiger partial charge in [-0.2, -0.15) is 0 Å². The summed E-state index contributed by atoms with van der Waals surface area (Å²) in [7, 11) is 0. The Morgan fingerprint density at radius 3 is 2.60 bits per heavy atom. The Balaban J connectivity index is 2.04. The van der Waals surface area contributed by atoms with Gasteiger partial charge in [-0.25, -0.2) is 4.98 Å². The Labute approximate surface area is 148 Å². The van der Waals surface area contributed by atoms with Gasteiger partial charge in [-0.15, -0.1) is 0 Å². The van der Waals surface area contributed by atoms with E-state index in [9.17, 15) is 9.59 Å². The van der Waals surface area contributed by atoms with Crippen molar-refractivity contribution in [1.29, 1.82) is 0 Å². The highest BCUT2D eigenvalue weighted by atomic mass is 16.2. The van der Waals surface area contributed by atoms with Crippen LogP contribution in [0.4, 0.5) is 0 Å². The second-order valence-electron chi connectivity index (χ2n) is 6.82. The first-order chi connectivity index (χ1) is 12.1. The summed E-state index contributed by atoms with van der Waals surface area (Å²) in [5, 5.41) is 0.630. The van der Waals surface area contributed by atoms with E-state index in [-0.39, 0.29) is 23.4 Å². The van der Waals surface area contributed by atoms with Gasteiger partial charge in [0.25, 0.3) is 5.56 Å². The van der Waals surface area contributed by atoms with Gasteiger partial charge < -0.3 is 4.90 Å². The molecule has 1 aromatic heterocycles. The van der Waals surface area contributed by atoms with Gasteiger partial charge in [-0.05, 0) is 45.7 Å². The van der Waals surface area contributed by atoms with Gasteiger partial charge in [0.15, 0.2) is 0 Å². The van der Waals surface area contributed by atoms with E-state index in [1.165, 1.54) is 0 Å². The number of para-hydroxylation sites is 1. The first kappa shape index (κ1) is 17.6. The normalized spacial score (nSPS) is 16.3. The molecule has 1 aliphatic carbocycles. The summed E-state index contributed by atoms with van der Waals surface area (Å²) < 4.78 is 1.71. The van der Waals surface area contributed by atoms with E-state index >= 15 is 0 Å². The smallest absolute Gasteiger partial charge is 0.261 e. The Kier molecular flexibility index (Phi) is 5.21. The third-order valence-electron chi connectivity index (χ3n) is 5.38. The second-order valence-corrected chi connectivity index (χ2v) is 6.82. The highest BCUT2D eigenvalue weighted by Crippen LogP contribution is 2.30. The Morgan fingerprint density at radius 2 is 1.96 bits per heavy atom. The van der Waals surface area contributed by atoms with Crippen molar-refractivity contribution in [2.24, 2.45) is 5.92 Å². The zero-order valence-electron chi connectivity index (χ0n) is 15.4. The molecule has 1 amide bonds. The van der Waals surface area contributed by atoms with Crippen LogP contribution in [0, 0.1) is 5.92 Å². The molecule has 1 aromatic carbocycles. The fraction of sp³-hybridized carbons (Fsp3) is 0.550. The molecule has 0 aliphatic heterocycles. The zero-order chi connectivity index (χ0) is 18.0. The summed E-state index contributed by atoms with van der Waals surface area (Å²) in [5.41, 5.74) is 0.669. The van der Waals surface area contributed by atoms with Crippen LogP contribution in [-0.2, 0) is 11.3 Å². The van der Waals surface area contributed by atoms with Gasteiger partial charge in [0.05, 0.1) is 16.9 Å². The molecule has 5 heteroatoms.